The summed E-state index contributed by atoms with van der Waals surface area (Å²) in [5, 5.41) is 8.98. The second kappa shape index (κ2) is 4.35. The first-order valence-electron chi connectivity index (χ1n) is 4.31. The van der Waals surface area contributed by atoms with Crippen LogP contribution in [0.1, 0.15) is 12.5 Å². The van der Waals surface area contributed by atoms with E-state index in [9.17, 15) is 9.36 Å². The van der Waals surface area contributed by atoms with Gasteiger partial charge in [-0.2, -0.15) is 0 Å². The van der Waals surface area contributed by atoms with E-state index in [0.29, 0.717) is 0 Å². The molecule has 6 nitrogen and oxygen atoms in total. The number of aliphatic carboxylic acids is 1. The van der Waals surface area contributed by atoms with Gasteiger partial charge >= 0.3 is 13.8 Å². The highest BCUT2D eigenvalue weighted by Gasteiger charge is 2.42. The lowest BCUT2D eigenvalue weighted by Gasteiger charge is -2.25. The van der Waals surface area contributed by atoms with E-state index in [2.05, 4.69) is 4.52 Å². The molecule has 0 aliphatic rings. The van der Waals surface area contributed by atoms with Crippen LogP contribution in [0.2, 0.25) is 0 Å². The van der Waals surface area contributed by atoms with Crippen molar-refractivity contribution in [1.29, 1.82) is 0 Å². The highest BCUT2D eigenvalue weighted by Crippen LogP contribution is 2.45. The zero-order valence-electron chi connectivity index (χ0n) is 8.40. The summed E-state index contributed by atoms with van der Waals surface area (Å²) in [5.74, 6) is -1.47. The standard InChI is InChI=1S/C9H11O6P/c1-9(8(10)11,15-16(12,13)14)7-5-3-2-4-6-7/h2-6H,1H3,(H,10,11)(H2,12,13,14). The van der Waals surface area contributed by atoms with Crippen LogP contribution in [0.15, 0.2) is 30.3 Å². The average molecular weight is 246 g/mol. The van der Waals surface area contributed by atoms with Crippen molar-refractivity contribution in [3.63, 3.8) is 0 Å². The third kappa shape index (κ3) is 2.90. The predicted octanol–water partition coefficient (Wildman–Crippen LogP) is 1.10. The Kier molecular flexibility index (Phi) is 3.50. The molecule has 88 valence electrons. The Bertz CT molecular complexity index is 425. The Hall–Kier alpha value is -1.20. The average Bonchev–Trinajstić information content (AvgIpc) is 2.16. The van der Waals surface area contributed by atoms with Gasteiger partial charge in [0.15, 0.2) is 5.60 Å². The van der Waals surface area contributed by atoms with Crippen molar-refractivity contribution >= 4 is 13.8 Å². The molecule has 1 atom stereocenters. The Morgan fingerprint density at radius 1 is 1.31 bits per heavy atom. The molecule has 0 amide bonds. The molecule has 0 spiro atoms. The molecule has 0 radical (unpaired) electrons. The molecule has 7 heteroatoms. The smallest absolute Gasteiger partial charge is 0.471 e. The molecule has 1 rings (SSSR count). The van der Waals surface area contributed by atoms with Gasteiger partial charge in [0.25, 0.3) is 0 Å². The number of benzene rings is 1. The van der Waals surface area contributed by atoms with Gasteiger partial charge in [-0.3, -0.25) is 4.52 Å². The predicted molar refractivity (Wildman–Crippen MR) is 54.6 cm³/mol. The van der Waals surface area contributed by atoms with E-state index < -0.39 is 19.4 Å². The summed E-state index contributed by atoms with van der Waals surface area (Å²) < 4.78 is 15.1. The molecular formula is C9H11O6P. The van der Waals surface area contributed by atoms with Gasteiger partial charge < -0.3 is 14.9 Å². The summed E-state index contributed by atoms with van der Waals surface area (Å²) in [5.41, 5.74) is -1.91. The maximum Gasteiger partial charge on any atom is 0.471 e. The summed E-state index contributed by atoms with van der Waals surface area (Å²) >= 11 is 0. The SMILES string of the molecule is CC(OP(=O)(O)O)(C(=O)O)c1ccccc1. The monoisotopic (exact) mass is 246 g/mol. The summed E-state index contributed by atoms with van der Waals surface area (Å²) in [6.07, 6.45) is 0. The van der Waals surface area contributed by atoms with E-state index in [1.807, 2.05) is 0 Å². The zero-order chi connectivity index (χ0) is 12.4. The van der Waals surface area contributed by atoms with Crippen LogP contribution >= 0.6 is 7.82 Å². The van der Waals surface area contributed by atoms with Crippen molar-refractivity contribution in [2.75, 3.05) is 0 Å². The van der Waals surface area contributed by atoms with Gasteiger partial charge in [0, 0.05) is 0 Å². The van der Waals surface area contributed by atoms with Gasteiger partial charge in [0.1, 0.15) is 0 Å². The number of hydrogen-bond donors (Lipinski definition) is 3. The molecule has 0 aromatic heterocycles. The number of carboxylic acids is 1. The molecule has 0 saturated heterocycles. The third-order valence-corrected chi connectivity index (χ3v) is 2.64. The van der Waals surface area contributed by atoms with E-state index in [1.165, 1.54) is 12.1 Å². The number of phosphoric ester groups is 1. The minimum absolute atomic E-state index is 0.158. The Morgan fingerprint density at radius 3 is 2.19 bits per heavy atom. The topological polar surface area (TPSA) is 104 Å². The fourth-order valence-electron chi connectivity index (χ4n) is 1.21. The Balaban J connectivity index is 3.18. The van der Waals surface area contributed by atoms with Gasteiger partial charge in [-0.25, -0.2) is 9.36 Å². The second-order valence-electron chi connectivity index (χ2n) is 3.29. The summed E-state index contributed by atoms with van der Waals surface area (Å²) in [4.78, 5) is 28.4. The highest BCUT2D eigenvalue weighted by molar-refractivity contribution is 7.46. The molecule has 0 heterocycles. The fourth-order valence-corrected chi connectivity index (χ4v) is 1.87. The maximum atomic E-state index is 11.0. The molecule has 0 fully saturated rings. The van der Waals surface area contributed by atoms with Crippen LogP contribution < -0.4 is 0 Å². The lowest BCUT2D eigenvalue weighted by molar-refractivity contribution is -0.156. The summed E-state index contributed by atoms with van der Waals surface area (Å²) in [7, 11) is -4.89. The van der Waals surface area contributed by atoms with E-state index in [0.717, 1.165) is 6.92 Å². The Labute approximate surface area is 91.7 Å². The molecule has 1 aromatic carbocycles. The van der Waals surface area contributed by atoms with Crippen molar-refractivity contribution in [3.05, 3.63) is 35.9 Å². The van der Waals surface area contributed by atoms with Gasteiger partial charge in [0.2, 0.25) is 0 Å². The van der Waals surface area contributed by atoms with Crippen molar-refractivity contribution in [2.45, 2.75) is 12.5 Å². The van der Waals surface area contributed by atoms with Gasteiger partial charge in [-0.05, 0) is 12.5 Å². The number of carboxylic acid groups (broad SMARTS) is 1. The number of rotatable bonds is 4. The maximum absolute atomic E-state index is 11.0. The lowest BCUT2D eigenvalue weighted by atomic mass is 9.97. The number of carbonyl (C=O) groups is 1. The van der Waals surface area contributed by atoms with Crippen LogP contribution in [0.5, 0.6) is 0 Å². The lowest BCUT2D eigenvalue weighted by Crippen LogP contribution is -2.34. The normalized spacial score (nSPS) is 15.4. The minimum atomic E-state index is -4.89. The largest absolute Gasteiger partial charge is 0.479 e. The second-order valence-corrected chi connectivity index (χ2v) is 4.45. The van der Waals surface area contributed by atoms with E-state index >= 15 is 0 Å². The van der Waals surface area contributed by atoms with Crippen LogP contribution in [-0.4, -0.2) is 20.9 Å². The van der Waals surface area contributed by atoms with Gasteiger partial charge in [0.05, 0.1) is 0 Å². The van der Waals surface area contributed by atoms with E-state index in [4.69, 9.17) is 14.9 Å². The molecule has 3 N–H and O–H groups in total. The number of hydrogen-bond acceptors (Lipinski definition) is 3. The van der Waals surface area contributed by atoms with Gasteiger partial charge in [-0.15, -0.1) is 0 Å². The third-order valence-electron chi connectivity index (χ3n) is 2.03. The van der Waals surface area contributed by atoms with E-state index in [-0.39, 0.29) is 5.56 Å². The first-order valence-corrected chi connectivity index (χ1v) is 5.84. The van der Waals surface area contributed by atoms with Crippen LogP contribution in [0, 0.1) is 0 Å². The van der Waals surface area contributed by atoms with Crippen LogP contribution in [0.3, 0.4) is 0 Å². The Morgan fingerprint density at radius 2 is 1.81 bits per heavy atom. The molecule has 0 bridgehead atoms. The fraction of sp³-hybridized carbons (Fsp3) is 0.222. The molecule has 1 unspecified atom stereocenters. The highest BCUT2D eigenvalue weighted by atomic mass is 31.2. The number of phosphoric acid groups is 1. The first-order chi connectivity index (χ1) is 7.26. The van der Waals surface area contributed by atoms with Crippen molar-refractivity contribution in [2.24, 2.45) is 0 Å². The molecule has 0 saturated carbocycles. The summed E-state index contributed by atoms with van der Waals surface area (Å²) in [6.45, 7) is 1.09. The van der Waals surface area contributed by atoms with Crippen LogP contribution in [0.4, 0.5) is 0 Å². The molecule has 0 aliphatic heterocycles. The molecule has 1 aromatic rings. The van der Waals surface area contributed by atoms with Crippen LogP contribution in [-0.2, 0) is 19.5 Å². The molecular weight excluding hydrogens is 235 g/mol. The molecule has 0 aliphatic carbocycles. The first kappa shape index (κ1) is 12.9. The summed E-state index contributed by atoms with van der Waals surface area (Å²) in [6, 6.07) is 7.61. The van der Waals surface area contributed by atoms with E-state index in [1.54, 1.807) is 18.2 Å². The van der Waals surface area contributed by atoms with Crippen molar-refractivity contribution < 1.29 is 28.8 Å². The van der Waals surface area contributed by atoms with Gasteiger partial charge in [-0.1, -0.05) is 30.3 Å². The zero-order valence-corrected chi connectivity index (χ0v) is 9.29. The molecule has 16 heavy (non-hydrogen) atoms. The quantitative estimate of drug-likeness (QED) is 0.687. The minimum Gasteiger partial charge on any atom is -0.479 e. The van der Waals surface area contributed by atoms with Crippen LogP contribution in [0.25, 0.3) is 0 Å². The van der Waals surface area contributed by atoms with Crippen molar-refractivity contribution in [1.82, 2.24) is 0 Å². The van der Waals surface area contributed by atoms with Crippen molar-refractivity contribution in [3.8, 4) is 0 Å².